The molecule has 4 nitrogen and oxygen atoms in total. The molecule has 0 aliphatic carbocycles. The minimum absolute atomic E-state index is 0.0564. The predicted molar refractivity (Wildman–Crippen MR) is 71.6 cm³/mol. The monoisotopic (exact) mass is 276 g/mol. The molecule has 0 unspecified atom stereocenters. The molecule has 106 valence electrons. The van der Waals surface area contributed by atoms with Gasteiger partial charge in [-0.2, -0.15) is 0 Å². The summed E-state index contributed by atoms with van der Waals surface area (Å²) in [6.07, 6.45) is 0.812. The Kier molecular flexibility index (Phi) is 3.20. The molecule has 0 bridgehead atoms. The summed E-state index contributed by atoms with van der Waals surface area (Å²) in [6.45, 7) is 3.66. The van der Waals surface area contributed by atoms with Gasteiger partial charge in [0.1, 0.15) is 5.82 Å². The van der Waals surface area contributed by atoms with Crippen molar-refractivity contribution in [2.45, 2.75) is 19.4 Å². The van der Waals surface area contributed by atoms with E-state index in [0.717, 1.165) is 6.42 Å². The second-order valence-electron chi connectivity index (χ2n) is 5.58. The molecule has 2 amide bonds. The van der Waals surface area contributed by atoms with Crippen LogP contribution in [-0.2, 0) is 4.79 Å². The smallest absolute Gasteiger partial charge is 0.253 e. The zero-order valence-electron chi connectivity index (χ0n) is 11.4. The van der Waals surface area contributed by atoms with Gasteiger partial charge in [-0.05, 0) is 30.7 Å². The van der Waals surface area contributed by atoms with Crippen molar-refractivity contribution in [1.29, 1.82) is 0 Å². The van der Waals surface area contributed by atoms with E-state index in [-0.39, 0.29) is 29.6 Å². The Morgan fingerprint density at radius 2 is 1.95 bits per heavy atom. The van der Waals surface area contributed by atoms with Crippen molar-refractivity contribution >= 4 is 11.8 Å². The average molecular weight is 276 g/mol. The largest absolute Gasteiger partial charge is 0.336 e. The molecule has 1 aromatic rings. The number of hydrogen-bond donors (Lipinski definition) is 0. The fourth-order valence-electron chi connectivity index (χ4n) is 3.10. The van der Waals surface area contributed by atoms with Crippen LogP contribution in [0.1, 0.15) is 23.7 Å². The summed E-state index contributed by atoms with van der Waals surface area (Å²) >= 11 is 0. The van der Waals surface area contributed by atoms with Crippen LogP contribution in [0, 0.1) is 11.7 Å². The number of nitrogens with zero attached hydrogens (tertiary/aromatic N) is 2. The van der Waals surface area contributed by atoms with Gasteiger partial charge >= 0.3 is 0 Å². The van der Waals surface area contributed by atoms with Gasteiger partial charge in [-0.15, -0.1) is 0 Å². The zero-order valence-corrected chi connectivity index (χ0v) is 11.4. The van der Waals surface area contributed by atoms with Crippen LogP contribution in [0.3, 0.4) is 0 Å². The van der Waals surface area contributed by atoms with Crippen LogP contribution >= 0.6 is 0 Å². The first-order valence-corrected chi connectivity index (χ1v) is 6.91. The lowest BCUT2D eigenvalue weighted by Crippen LogP contribution is -2.53. The molecule has 0 spiro atoms. The molecule has 0 radical (unpaired) electrons. The highest BCUT2D eigenvalue weighted by Crippen LogP contribution is 2.27. The third kappa shape index (κ3) is 2.17. The van der Waals surface area contributed by atoms with Crippen LogP contribution in [0.2, 0.25) is 0 Å². The maximum absolute atomic E-state index is 12.9. The number of fused-ring (bicyclic) bond motifs is 1. The molecule has 2 heterocycles. The second kappa shape index (κ2) is 4.89. The Bertz CT molecular complexity index is 543. The SMILES string of the molecule is C[C@H]1C[C@@H]2CN(C(=O)c3ccc(F)cc3)CCN2C1=O. The van der Waals surface area contributed by atoms with Crippen molar-refractivity contribution in [1.82, 2.24) is 9.80 Å². The van der Waals surface area contributed by atoms with Crippen LogP contribution in [0.5, 0.6) is 0 Å². The molecule has 2 aliphatic rings. The van der Waals surface area contributed by atoms with Gasteiger partial charge in [0.05, 0.1) is 6.04 Å². The Balaban J connectivity index is 1.72. The summed E-state index contributed by atoms with van der Waals surface area (Å²) in [5.41, 5.74) is 0.497. The number of halogens is 1. The molecule has 0 aromatic heterocycles. The first-order chi connectivity index (χ1) is 9.56. The molecule has 0 saturated carbocycles. The van der Waals surface area contributed by atoms with Crippen LogP contribution in [-0.4, -0.2) is 47.3 Å². The van der Waals surface area contributed by atoms with E-state index in [4.69, 9.17) is 0 Å². The standard InChI is InChI=1S/C15H17FN2O2/c1-10-8-13-9-17(6-7-18(13)14(10)19)15(20)11-2-4-12(16)5-3-11/h2-5,10,13H,6-9H2,1H3/t10-,13+/m0/s1. The van der Waals surface area contributed by atoms with E-state index in [0.29, 0.717) is 25.2 Å². The number of piperazine rings is 1. The molecule has 0 N–H and O–H groups in total. The highest BCUT2D eigenvalue weighted by atomic mass is 19.1. The average Bonchev–Trinajstić information content (AvgIpc) is 2.74. The van der Waals surface area contributed by atoms with Gasteiger partial charge in [0.25, 0.3) is 5.91 Å². The van der Waals surface area contributed by atoms with Gasteiger partial charge in [-0.1, -0.05) is 6.92 Å². The van der Waals surface area contributed by atoms with E-state index in [2.05, 4.69) is 0 Å². The van der Waals surface area contributed by atoms with Gasteiger partial charge in [0.2, 0.25) is 5.91 Å². The number of hydrogen-bond acceptors (Lipinski definition) is 2. The number of carbonyl (C=O) groups is 2. The molecule has 2 fully saturated rings. The second-order valence-corrected chi connectivity index (χ2v) is 5.58. The summed E-state index contributed by atoms with van der Waals surface area (Å²) < 4.78 is 12.9. The van der Waals surface area contributed by atoms with Crippen molar-refractivity contribution in [3.63, 3.8) is 0 Å². The van der Waals surface area contributed by atoms with Crippen molar-refractivity contribution in [2.75, 3.05) is 19.6 Å². The third-order valence-electron chi connectivity index (χ3n) is 4.19. The summed E-state index contributed by atoms with van der Waals surface area (Å²) in [5.74, 6) is -0.178. The minimum atomic E-state index is -0.346. The van der Waals surface area contributed by atoms with Gasteiger partial charge in [-0.25, -0.2) is 4.39 Å². The Hall–Kier alpha value is -1.91. The van der Waals surface area contributed by atoms with Crippen molar-refractivity contribution in [2.24, 2.45) is 5.92 Å². The van der Waals surface area contributed by atoms with Crippen LogP contribution in [0.4, 0.5) is 4.39 Å². The lowest BCUT2D eigenvalue weighted by molar-refractivity contribution is -0.132. The van der Waals surface area contributed by atoms with Crippen molar-refractivity contribution in [3.05, 3.63) is 35.6 Å². The van der Waals surface area contributed by atoms with Gasteiger partial charge in [0.15, 0.2) is 0 Å². The quantitative estimate of drug-likeness (QED) is 0.780. The number of benzene rings is 1. The molecule has 2 atom stereocenters. The number of rotatable bonds is 1. The summed E-state index contributed by atoms with van der Waals surface area (Å²) in [4.78, 5) is 27.9. The molecule has 5 heteroatoms. The highest BCUT2D eigenvalue weighted by molar-refractivity contribution is 5.94. The van der Waals surface area contributed by atoms with E-state index in [1.807, 2.05) is 11.8 Å². The van der Waals surface area contributed by atoms with Gasteiger partial charge in [-0.3, -0.25) is 9.59 Å². The minimum Gasteiger partial charge on any atom is -0.336 e. The molecular weight excluding hydrogens is 259 g/mol. The topological polar surface area (TPSA) is 40.6 Å². The molecule has 3 rings (SSSR count). The molecule has 20 heavy (non-hydrogen) atoms. The molecular formula is C15H17FN2O2. The van der Waals surface area contributed by atoms with E-state index < -0.39 is 0 Å². The Labute approximate surface area is 117 Å². The Morgan fingerprint density at radius 3 is 2.65 bits per heavy atom. The normalized spacial score (nSPS) is 25.8. The van der Waals surface area contributed by atoms with Crippen LogP contribution in [0.25, 0.3) is 0 Å². The van der Waals surface area contributed by atoms with Gasteiger partial charge < -0.3 is 9.80 Å². The van der Waals surface area contributed by atoms with Crippen molar-refractivity contribution < 1.29 is 14.0 Å². The molecule has 1 aromatic carbocycles. The number of amides is 2. The highest BCUT2D eigenvalue weighted by Gasteiger charge is 2.41. The van der Waals surface area contributed by atoms with E-state index in [9.17, 15) is 14.0 Å². The third-order valence-corrected chi connectivity index (χ3v) is 4.19. The molecule has 2 saturated heterocycles. The Morgan fingerprint density at radius 1 is 1.25 bits per heavy atom. The summed E-state index contributed by atoms with van der Waals surface area (Å²) in [5, 5.41) is 0. The van der Waals surface area contributed by atoms with Crippen LogP contribution in [0.15, 0.2) is 24.3 Å². The van der Waals surface area contributed by atoms with Gasteiger partial charge in [0, 0.05) is 31.1 Å². The fraction of sp³-hybridized carbons (Fsp3) is 0.467. The first kappa shape index (κ1) is 13.1. The lowest BCUT2D eigenvalue weighted by Gasteiger charge is -2.37. The van der Waals surface area contributed by atoms with Crippen molar-refractivity contribution in [3.8, 4) is 0 Å². The maximum Gasteiger partial charge on any atom is 0.253 e. The summed E-state index contributed by atoms with van der Waals surface area (Å²) in [6, 6.07) is 5.74. The maximum atomic E-state index is 12.9. The van der Waals surface area contributed by atoms with E-state index >= 15 is 0 Å². The summed E-state index contributed by atoms with van der Waals surface area (Å²) in [7, 11) is 0. The zero-order chi connectivity index (χ0) is 14.3. The lowest BCUT2D eigenvalue weighted by atomic mass is 10.1. The fourth-order valence-corrected chi connectivity index (χ4v) is 3.10. The van der Waals surface area contributed by atoms with E-state index in [1.165, 1.54) is 24.3 Å². The van der Waals surface area contributed by atoms with Crippen LogP contribution < -0.4 is 0 Å². The first-order valence-electron chi connectivity index (χ1n) is 6.91. The predicted octanol–water partition coefficient (Wildman–Crippen LogP) is 1.52. The molecule has 2 aliphatic heterocycles. The number of carbonyl (C=O) groups excluding carboxylic acids is 2. The van der Waals surface area contributed by atoms with E-state index in [1.54, 1.807) is 4.90 Å².